The molecule has 0 bridgehead atoms. The molecule has 92 valence electrons. The maximum Gasteiger partial charge on any atom is 0.0654 e. The molecule has 16 heavy (non-hydrogen) atoms. The van der Waals surface area contributed by atoms with Crippen LogP contribution in [-0.4, -0.2) is 22.9 Å². The Balaban J connectivity index is 1.98. The van der Waals surface area contributed by atoms with Crippen LogP contribution in [0.1, 0.15) is 46.5 Å². The Morgan fingerprint density at radius 1 is 1.12 bits per heavy atom. The van der Waals surface area contributed by atoms with Gasteiger partial charge in [-0.3, -0.25) is 0 Å². The van der Waals surface area contributed by atoms with Gasteiger partial charge in [-0.2, -0.15) is 0 Å². The van der Waals surface area contributed by atoms with Crippen LogP contribution in [0.2, 0.25) is 0 Å². The van der Waals surface area contributed by atoms with Crippen LogP contribution in [0.25, 0.3) is 0 Å². The van der Waals surface area contributed by atoms with Crippen molar-refractivity contribution in [1.82, 2.24) is 0 Å². The zero-order chi connectivity index (χ0) is 11.8. The highest BCUT2D eigenvalue weighted by molar-refractivity contribution is 5.21. The molecule has 1 unspecified atom stereocenters. The summed E-state index contributed by atoms with van der Waals surface area (Å²) >= 11 is 0. The van der Waals surface area contributed by atoms with Gasteiger partial charge in [0.1, 0.15) is 0 Å². The molecule has 3 aliphatic carbocycles. The fourth-order valence-corrected chi connectivity index (χ4v) is 5.28. The molecule has 0 heterocycles. The SMILES string of the molecule is CC1(C)C[C@H]2C(O)[C@]3(CO)CC[C@]3(C)[C@H]2C1. The highest BCUT2D eigenvalue weighted by Crippen LogP contribution is 2.75. The van der Waals surface area contributed by atoms with Crippen LogP contribution in [0, 0.1) is 28.1 Å². The van der Waals surface area contributed by atoms with Crippen molar-refractivity contribution in [2.75, 3.05) is 6.61 Å². The summed E-state index contributed by atoms with van der Waals surface area (Å²) in [5, 5.41) is 20.3. The van der Waals surface area contributed by atoms with Gasteiger partial charge < -0.3 is 10.2 Å². The maximum absolute atomic E-state index is 10.6. The monoisotopic (exact) mass is 224 g/mol. The topological polar surface area (TPSA) is 40.5 Å². The van der Waals surface area contributed by atoms with Crippen LogP contribution in [0.4, 0.5) is 0 Å². The third-order valence-electron chi connectivity index (χ3n) is 6.38. The molecule has 0 aromatic heterocycles. The van der Waals surface area contributed by atoms with Gasteiger partial charge in [-0.05, 0) is 48.3 Å². The summed E-state index contributed by atoms with van der Waals surface area (Å²) in [6.07, 6.45) is 4.32. The predicted octanol–water partition coefficient (Wildman–Crippen LogP) is 2.19. The first-order chi connectivity index (χ1) is 7.36. The number of aliphatic hydroxyl groups is 2. The first kappa shape index (κ1) is 11.0. The molecule has 2 nitrogen and oxygen atoms in total. The molecule has 0 saturated heterocycles. The minimum atomic E-state index is -0.261. The Kier molecular flexibility index (Phi) is 1.96. The molecule has 0 aromatic carbocycles. The summed E-state index contributed by atoms with van der Waals surface area (Å²) in [6.45, 7) is 7.13. The van der Waals surface area contributed by atoms with Crippen molar-refractivity contribution in [2.45, 2.75) is 52.6 Å². The van der Waals surface area contributed by atoms with Crippen LogP contribution in [0.5, 0.6) is 0 Å². The Bertz CT molecular complexity index is 321. The zero-order valence-electron chi connectivity index (χ0n) is 10.7. The van der Waals surface area contributed by atoms with Gasteiger partial charge in [0.05, 0.1) is 12.7 Å². The van der Waals surface area contributed by atoms with Gasteiger partial charge >= 0.3 is 0 Å². The van der Waals surface area contributed by atoms with E-state index in [1.807, 2.05) is 0 Å². The number of fused-ring (bicyclic) bond motifs is 3. The van der Waals surface area contributed by atoms with E-state index in [9.17, 15) is 10.2 Å². The van der Waals surface area contributed by atoms with Crippen LogP contribution >= 0.6 is 0 Å². The lowest BCUT2D eigenvalue weighted by atomic mass is 9.48. The summed E-state index contributed by atoms with van der Waals surface area (Å²) in [7, 11) is 0. The average molecular weight is 224 g/mol. The van der Waals surface area contributed by atoms with Gasteiger partial charge in [0.15, 0.2) is 0 Å². The summed E-state index contributed by atoms with van der Waals surface area (Å²) < 4.78 is 0. The summed E-state index contributed by atoms with van der Waals surface area (Å²) in [6, 6.07) is 0. The van der Waals surface area contributed by atoms with Crippen molar-refractivity contribution >= 4 is 0 Å². The molecule has 0 aromatic rings. The summed E-state index contributed by atoms with van der Waals surface area (Å²) in [4.78, 5) is 0. The molecule has 5 atom stereocenters. The predicted molar refractivity (Wildman–Crippen MR) is 62.9 cm³/mol. The van der Waals surface area contributed by atoms with Crippen molar-refractivity contribution in [2.24, 2.45) is 28.1 Å². The van der Waals surface area contributed by atoms with E-state index in [0.717, 1.165) is 12.8 Å². The number of rotatable bonds is 1. The van der Waals surface area contributed by atoms with E-state index in [1.165, 1.54) is 12.8 Å². The lowest BCUT2D eigenvalue weighted by molar-refractivity contribution is -0.151. The highest BCUT2D eigenvalue weighted by atomic mass is 16.3. The molecule has 3 rings (SSSR count). The van der Waals surface area contributed by atoms with E-state index < -0.39 is 0 Å². The molecule has 2 heteroatoms. The second-order valence-corrected chi connectivity index (χ2v) is 7.52. The maximum atomic E-state index is 10.6. The van der Waals surface area contributed by atoms with Crippen molar-refractivity contribution in [3.8, 4) is 0 Å². The molecule has 0 aliphatic heterocycles. The first-order valence-electron chi connectivity index (χ1n) is 6.65. The van der Waals surface area contributed by atoms with Crippen LogP contribution in [0.3, 0.4) is 0 Å². The fourth-order valence-electron chi connectivity index (χ4n) is 5.28. The Hall–Kier alpha value is -0.0800. The standard InChI is InChI=1S/C14H24O2/c1-12(2)6-9-10(7-12)13(3)4-5-14(13,8-15)11(9)16/h9-11,15-16H,4-8H2,1-3H3/t9-,10+,11?,13-,14-/m1/s1. The second-order valence-electron chi connectivity index (χ2n) is 7.52. The minimum Gasteiger partial charge on any atom is -0.396 e. The van der Waals surface area contributed by atoms with Crippen molar-refractivity contribution in [1.29, 1.82) is 0 Å². The van der Waals surface area contributed by atoms with Crippen LogP contribution in [0.15, 0.2) is 0 Å². The summed E-state index contributed by atoms with van der Waals surface area (Å²) in [5.74, 6) is 1.08. The van der Waals surface area contributed by atoms with Gasteiger partial charge in [-0.1, -0.05) is 20.8 Å². The van der Waals surface area contributed by atoms with Gasteiger partial charge in [-0.25, -0.2) is 0 Å². The molecule has 3 fully saturated rings. The largest absolute Gasteiger partial charge is 0.396 e. The van der Waals surface area contributed by atoms with E-state index in [1.54, 1.807) is 0 Å². The number of hydrogen-bond donors (Lipinski definition) is 2. The lowest BCUT2D eigenvalue weighted by Gasteiger charge is -2.57. The molecular weight excluding hydrogens is 200 g/mol. The van der Waals surface area contributed by atoms with E-state index in [4.69, 9.17) is 0 Å². The zero-order valence-corrected chi connectivity index (χ0v) is 10.7. The molecule has 3 saturated carbocycles. The average Bonchev–Trinajstić information content (AvgIpc) is 2.56. The lowest BCUT2D eigenvalue weighted by Crippen LogP contribution is -2.55. The molecule has 0 amide bonds. The van der Waals surface area contributed by atoms with E-state index >= 15 is 0 Å². The van der Waals surface area contributed by atoms with Crippen molar-refractivity contribution in [3.05, 3.63) is 0 Å². The highest BCUT2D eigenvalue weighted by Gasteiger charge is 2.73. The van der Waals surface area contributed by atoms with E-state index in [-0.39, 0.29) is 23.5 Å². The number of hydrogen-bond acceptors (Lipinski definition) is 2. The van der Waals surface area contributed by atoms with E-state index in [0.29, 0.717) is 17.3 Å². The van der Waals surface area contributed by atoms with Crippen LogP contribution in [-0.2, 0) is 0 Å². The molecule has 0 spiro atoms. The molecule has 3 aliphatic rings. The Morgan fingerprint density at radius 2 is 1.81 bits per heavy atom. The third-order valence-corrected chi connectivity index (χ3v) is 6.38. The van der Waals surface area contributed by atoms with Crippen molar-refractivity contribution < 1.29 is 10.2 Å². The quantitative estimate of drug-likeness (QED) is 0.717. The number of aliphatic hydroxyl groups excluding tert-OH is 2. The molecule has 2 N–H and O–H groups in total. The molecular formula is C14H24O2. The van der Waals surface area contributed by atoms with Crippen LogP contribution < -0.4 is 0 Å². The van der Waals surface area contributed by atoms with Gasteiger partial charge in [0.2, 0.25) is 0 Å². The Morgan fingerprint density at radius 3 is 2.31 bits per heavy atom. The van der Waals surface area contributed by atoms with Crippen molar-refractivity contribution in [3.63, 3.8) is 0 Å². The van der Waals surface area contributed by atoms with E-state index in [2.05, 4.69) is 20.8 Å². The Labute approximate surface area is 98.1 Å². The molecule has 0 radical (unpaired) electrons. The van der Waals surface area contributed by atoms with Gasteiger partial charge in [-0.15, -0.1) is 0 Å². The smallest absolute Gasteiger partial charge is 0.0654 e. The fraction of sp³-hybridized carbons (Fsp3) is 1.00. The minimum absolute atomic E-state index is 0.154. The second kappa shape index (κ2) is 2.84. The normalized spacial score (nSPS) is 57.9. The third kappa shape index (κ3) is 0.971. The summed E-state index contributed by atoms with van der Waals surface area (Å²) in [5.41, 5.74) is 0.439. The van der Waals surface area contributed by atoms with Gasteiger partial charge in [0.25, 0.3) is 0 Å². The first-order valence-corrected chi connectivity index (χ1v) is 6.65. The van der Waals surface area contributed by atoms with Gasteiger partial charge in [0, 0.05) is 5.41 Å².